The highest BCUT2D eigenvalue weighted by Crippen LogP contribution is 2.18. The second-order valence-corrected chi connectivity index (χ2v) is 6.16. The van der Waals surface area contributed by atoms with Crippen LogP contribution in [0.25, 0.3) is 0 Å². The zero-order chi connectivity index (χ0) is 10.4. The standard InChI is InChI=1S/C11H24N2S/c1-11(2,9-12-3)10-13-5-4-7-14-8-6-13/h12H,4-10H2,1-3H3. The minimum absolute atomic E-state index is 0.407. The molecule has 3 heteroatoms. The van der Waals surface area contributed by atoms with Gasteiger partial charge in [-0.2, -0.15) is 11.8 Å². The molecule has 1 aliphatic rings. The van der Waals surface area contributed by atoms with Gasteiger partial charge in [0.15, 0.2) is 0 Å². The zero-order valence-corrected chi connectivity index (χ0v) is 10.6. The van der Waals surface area contributed by atoms with Gasteiger partial charge >= 0.3 is 0 Å². The Morgan fingerprint density at radius 3 is 2.79 bits per heavy atom. The smallest absolute Gasteiger partial charge is 0.00726 e. The monoisotopic (exact) mass is 216 g/mol. The lowest BCUT2D eigenvalue weighted by Crippen LogP contribution is -2.40. The maximum atomic E-state index is 3.28. The van der Waals surface area contributed by atoms with Gasteiger partial charge in [-0.25, -0.2) is 0 Å². The van der Waals surface area contributed by atoms with E-state index in [2.05, 4.69) is 35.8 Å². The lowest BCUT2D eigenvalue weighted by atomic mass is 9.92. The predicted octanol–water partition coefficient (Wildman–Crippen LogP) is 1.67. The Balaban J connectivity index is 2.33. The minimum Gasteiger partial charge on any atom is -0.319 e. The Morgan fingerprint density at radius 2 is 2.07 bits per heavy atom. The van der Waals surface area contributed by atoms with Gasteiger partial charge in [0.2, 0.25) is 0 Å². The van der Waals surface area contributed by atoms with Gasteiger partial charge in [0.05, 0.1) is 0 Å². The predicted molar refractivity (Wildman–Crippen MR) is 66.1 cm³/mol. The first-order valence-electron chi connectivity index (χ1n) is 5.59. The van der Waals surface area contributed by atoms with E-state index < -0.39 is 0 Å². The van der Waals surface area contributed by atoms with Crippen LogP contribution in [0.5, 0.6) is 0 Å². The average molecular weight is 216 g/mol. The fraction of sp³-hybridized carbons (Fsp3) is 1.00. The molecule has 0 aromatic carbocycles. The molecule has 0 atom stereocenters. The van der Waals surface area contributed by atoms with Crippen molar-refractivity contribution in [2.75, 3.05) is 44.7 Å². The highest BCUT2D eigenvalue weighted by atomic mass is 32.2. The van der Waals surface area contributed by atoms with E-state index in [0.29, 0.717) is 5.41 Å². The largest absolute Gasteiger partial charge is 0.319 e. The fourth-order valence-electron chi connectivity index (χ4n) is 2.10. The van der Waals surface area contributed by atoms with Gasteiger partial charge < -0.3 is 10.2 Å². The first-order valence-corrected chi connectivity index (χ1v) is 6.74. The number of nitrogens with one attached hydrogen (secondary N) is 1. The Hall–Kier alpha value is 0.270. The molecule has 2 nitrogen and oxygen atoms in total. The van der Waals surface area contributed by atoms with Crippen LogP contribution in [0.15, 0.2) is 0 Å². The van der Waals surface area contributed by atoms with E-state index in [0.717, 1.165) is 6.54 Å². The van der Waals surface area contributed by atoms with Crippen LogP contribution >= 0.6 is 11.8 Å². The SMILES string of the molecule is CNCC(C)(C)CN1CCCSCC1. The first-order chi connectivity index (χ1) is 6.64. The van der Waals surface area contributed by atoms with Crippen molar-refractivity contribution in [2.45, 2.75) is 20.3 Å². The van der Waals surface area contributed by atoms with Crippen molar-refractivity contribution in [3.8, 4) is 0 Å². The van der Waals surface area contributed by atoms with Crippen molar-refractivity contribution >= 4 is 11.8 Å². The molecule has 1 fully saturated rings. The molecule has 1 N–H and O–H groups in total. The van der Waals surface area contributed by atoms with Crippen LogP contribution in [0.1, 0.15) is 20.3 Å². The lowest BCUT2D eigenvalue weighted by Gasteiger charge is -2.31. The first kappa shape index (κ1) is 12.3. The highest BCUT2D eigenvalue weighted by Gasteiger charge is 2.21. The summed E-state index contributed by atoms with van der Waals surface area (Å²) < 4.78 is 0. The molecular weight excluding hydrogens is 192 g/mol. The summed E-state index contributed by atoms with van der Waals surface area (Å²) in [4.78, 5) is 2.62. The third-order valence-corrected chi connectivity index (χ3v) is 3.67. The molecule has 1 saturated heterocycles. The summed E-state index contributed by atoms with van der Waals surface area (Å²) in [6.07, 6.45) is 1.36. The van der Waals surface area contributed by atoms with Gasteiger partial charge in [0, 0.05) is 25.4 Å². The number of nitrogens with zero attached hydrogens (tertiary/aromatic N) is 1. The lowest BCUT2D eigenvalue weighted by molar-refractivity contribution is 0.187. The van der Waals surface area contributed by atoms with Crippen molar-refractivity contribution in [3.05, 3.63) is 0 Å². The average Bonchev–Trinajstić information content (AvgIpc) is 2.31. The topological polar surface area (TPSA) is 15.3 Å². The van der Waals surface area contributed by atoms with Crippen LogP contribution in [0.3, 0.4) is 0 Å². The van der Waals surface area contributed by atoms with Crippen molar-refractivity contribution < 1.29 is 0 Å². The molecule has 0 unspecified atom stereocenters. The van der Waals surface area contributed by atoms with Crippen LogP contribution < -0.4 is 5.32 Å². The van der Waals surface area contributed by atoms with Crippen molar-refractivity contribution in [2.24, 2.45) is 5.41 Å². The molecule has 0 spiro atoms. The Kier molecular flexibility index (Phi) is 5.28. The molecule has 0 aromatic rings. The summed E-state index contributed by atoms with van der Waals surface area (Å²) in [5.41, 5.74) is 0.407. The second kappa shape index (κ2) is 5.99. The quantitative estimate of drug-likeness (QED) is 0.769. The normalized spacial score (nSPS) is 20.8. The maximum Gasteiger partial charge on any atom is 0.00726 e. The summed E-state index contributed by atoms with van der Waals surface area (Å²) in [5.74, 6) is 2.67. The molecule has 0 bridgehead atoms. The third kappa shape index (κ3) is 4.67. The van der Waals surface area contributed by atoms with Gasteiger partial charge in [-0.3, -0.25) is 0 Å². The van der Waals surface area contributed by atoms with E-state index >= 15 is 0 Å². The molecule has 0 aromatic heterocycles. The summed E-state index contributed by atoms with van der Waals surface area (Å²) >= 11 is 2.10. The molecule has 0 aliphatic carbocycles. The molecule has 0 amide bonds. The van der Waals surface area contributed by atoms with Gasteiger partial charge in [0.1, 0.15) is 0 Å². The van der Waals surface area contributed by atoms with Crippen LogP contribution in [0, 0.1) is 5.41 Å². The van der Waals surface area contributed by atoms with Gasteiger partial charge in [-0.05, 0) is 31.2 Å². The summed E-state index contributed by atoms with van der Waals surface area (Å²) in [6.45, 7) is 9.60. The summed E-state index contributed by atoms with van der Waals surface area (Å²) in [7, 11) is 2.04. The molecule has 1 aliphatic heterocycles. The van der Waals surface area contributed by atoms with Gasteiger partial charge in [-0.15, -0.1) is 0 Å². The van der Waals surface area contributed by atoms with E-state index in [1.807, 2.05) is 7.05 Å². The Morgan fingerprint density at radius 1 is 1.29 bits per heavy atom. The summed E-state index contributed by atoms with van der Waals surface area (Å²) in [6, 6.07) is 0. The van der Waals surface area contributed by atoms with Gasteiger partial charge in [0.25, 0.3) is 0 Å². The summed E-state index contributed by atoms with van der Waals surface area (Å²) in [5, 5.41) is 3.28. The van der Waals surface area contributed by atoms with E-state index in [1.165, 1.54) is 37.6 Å². The number of hydrogen-bond donors (Lipinski definition) is 1. The van der Waals surface area contributed by atoms with Crippen LogP contribution in [0.4, 0.5) is 0 Å². The molecule has 0 saturated carbocycles. The molecular formula is C11H24N2S. The fourth-order valence-corrected chi connectivity index (χ4v) is 3.02. The molecule has 1 rings (SSSR count). The molecule has 84 valence electrons. The molecule has 1 heterocycles. The minimum atomic E-state index is 0.407. The number of hydrogen-bond acceptors (Lipinski definition) is 3. The van der Waals surface area contributed by atoms with E-state index in [1.54, 1.807) is 0 Å². The van der Waals surface area contributed by atoms with Crippen molar-refractivity contribution in [1.29, 1.82) is 0 Å². The van der Waals surface area contributed by atoms with E-state index in [9.17, 15) is 0 Å². The van der Waals surface area contributed by atoms with Gasteiger partial charge in [-0.1, -0.05) is 13.8 Å². The Bertz CT molecular complexity index is 151. The second-order valence-electron chi connectivity index (χ2n) is 4.94. The third-order valence-electron chi connectivity index (χ3n) is 2.62. The van der Waals surface area contributed by atoms with Crippen LogP contribution in [-0.2, 0) is 0 Å². The maximum absolute atomic E-state index is 3.28. The van der Waals surface area contributed by atoms with E-state index in [-0.39, 0.29) is 0 Å². The molecule has 0 radical (unpaired) electrons. The van der Waals surface area contributed by atoms with Crippen molar-refractivity contribution in [3.63, 3.8) is 0 Å². The van der Waals surface area contributed by atoms with Crippen molar-refractivity contribution in [1.82, 2.24) is 10.2 Å². The number of rotatable bonds is 4. The van der Waals surface area contributed by atoms with Crippen LogP contribution in [0.2, 0.25) is 0 Å². The van der Waals surface area contributed by atoms with E-state index in [4.69, 9.17) is 0 Å². The molecule has 14 heavy (non-hydrogen) atoms. The zero-order valence-electron chi connectivity index (χ0n) is 9.81. The number of thioether (sulfide) groups is 1. The Labute approximate surface area is 92.8 Å². The van der Waals surface area contributed by atoms with Crippen LogP contribution in [-0.4, -0.2) is 49.6 Å². The highest BCUT2D eigenvalue weighted by molar-refractivity contribution is 7.99.